The molecule has 25 heavy (non-hydrogen) atoms. The van der Waals surface area contributed by atoms with E-state index in [1.165, 1.54) is 0 Å². The maximum Gasteiger partial charge on any atom is 0.252 e. The van der Waals surface area contributed by atoms with E-state index in [0.29, 0.717) is 37.4 Å². The number of amides is 1. The maximum atomic E-state index is 12.9. The van der Waals surface area contributed by atoms with Crippen LogP contribution >= 0.6 is 0 Å². The first-order chi connectivity index (χ1) is 12.2. The van der Waals surface area contributed by atoms with Gasteiger partial charge in [0.2, 0.25) is 0 Å². The number of aromatic nitrogens is 5. The summed E-state index contributed by atoms with van der Waals surface area (Å²) >= 11 is 0. The minimum absolute atomic E-state index is 0.169. The zero-order chi connectivity index (χ0) is 17.3. The quantitative estimate of drug-likeness (QED) is 0.771. The predicted molar refractivity (Wildman–Crippen MR) is 89.7 cm³/mol. The number of benzene rings is 1. The monoisotopic (exact) mass is 338 g/mol. The van der Waals surface area contributed by atoms with E-state index in [9.17, 15) is 4.79 Å². The van der Waals surface area contributed by atoms with Crippen LogP contribution in [0, 0.1) is 0 Å². The summed E-state index contributed by atoms with van der Waals surface area (Å²) in [6.45, 7) is 1.12. The molecule has 4 rings (SSSR count). The number of rotatable bonds is 3. The molecular formula is C17H18N6O2. The molecule has 0 saturated carbocycles. The Morgan fingerprint density at radius 2 is 2.00 bits per heavy atom. The van der Waals surface area contributed by atoms with Gasteiger partial charge in [-0.3, -0.25) is 4.79 Å². The molecule has 3 heterocycles. The van der Waals surface area contributed by atoms with Crippen molar-refractivity contribution < 1.29 is 9.53 Å². The lowest BCUT2D eigenvalue weighted by molar-refractivity contribution is 0.0313. The summed E-state index contributed by atoms with van der Waals surface area (Å²) < 4.78 is 7.12. The lowest BCUT2D eigenvalue weighted by Gasteiger charge is -2.36. The van der Waals surface area contributed by atoms with Gasteiger partial charge in [0.05, 0.1) is 5.52 Å². The van der Waals surface area contributed by atoms with Crippen molar-refractivity contribution in [3.8, 4) is 0 Å². The zero-order valence-electron chi connectivity index (χ0n) is 13.8. The number of hydrogen-bond donors (Lipinski definition) is 1. The molecule has 0 spiro atoms. The highest BCUT2D eigenvalue weighted by Gasteiger charge is 2.38. The Kier molecular flexibility index (Phi) is 3.89. The van der Waals surface area contributed by atoms with Crippen LogP contribution in [0.5, 0.6) is 0 Å². The van der Waals surface area contributed by atoms with Crippen LogP contribution in [0.3, 0.4) is 0 Å². The van der Waals surface area contributed by atoms with Crippen molar-refractivity contribution in [2.45, 2.75) is 18.4 Å². The number of nitrogens with zero attached hydrogens (tertiary/aromatic N) is 5. The number of ether oxygens (including phenoxy) is 1. The van der Waals surface area contributed by atoms with Gasteiger partial charge in [-0.25, -0.2) is 14.6 Å². The van der Waals surface area contributed by atoms with E-state index >= 15 is 0 Å². The van der Waals surface area contributed by atoms with Gasteiger partial charge < -0.3 is 10.1 Å². The van der Waals surface area contributed by atoms with E-state index in [1.54, 1.807) is 48.4 Å². The minimum Gasteiger partial charge on any atom is -0.381 e. The molecule has 1 fully saturated rings. The zero-order valence-corrected chi connectivity index (χ0v) is 13.8. The first kappa shape index (κ1) is 15.6. The molecule has 128 valence electrons. The summed E-state index contributed by atoms with van der Waals surface area (Å²) in [5.41, 5.74) is 1.51. The summed E-state index contributed by atoms with van der Waals surface area (Å²) in [5, 5.41) is 11.2. The second-order valence-corrected chi connectivity index (χ2v) is 6.14. The third-order valence-corrected chi connectivity index (χ3v) is 4.57. The summed E-state index contributed by atoms with van der Waals surface area (Å²) in [5.74, 6) is 0.451. The fourth-order valence-corrected chi connectivity index (χ4v) is 3.13. The Hall–Kier alpha value is -2.87. The Balaban J connectivity index is 1.67. The molecule has 1 aliphatic rings. The average Bonchev–Trinajstić information content (AvgIpc) is 3.04. The summed E-state index contributed by atoms with van der Waals surface area (Å²) in [7, 11) is 1.80. The van der Waals surface area contributed by atoms with Crippen LogP contribution in [0.4, 0.5) is 0 Å². The van der Waals surface area contributed by atoms with E-state index in [1.807, 2.05) is 0 Å². The Bertz CT molecular complexity index is 902. The Morgan fingerprint density at radius 3 is 2.76 bits per heavy atom. The SMILES string of the molecule is Cn1nnc2ccc(C(=O)NC3(c4ncccn4)CCOCC3)cc21. The van der Waals surface area contributed by atoms with Crippen LogP contribution in [0.15, 0.2) is 36.7 Å². The van der Waals surface area contributed by atoms with Crippen molar-refractivity contribution in [1.82, 2.24) is 30.3 Å². The number of fused-ring (bicyclic) bond motifs is 1. The minimum atomic E-state index is -0.615. The molecule has 1 aromatic carbocycles. The molecule has 1 N–H and O–H groups in total. The van der Waals surface area contributed by atoms with Crippen LogP contribution in [0.1, 0.15) is 29.0 Å². The molecule has 1 aliphatic heterocycles. The summed E-state index contributed by atoms with van der Waals surface area (Å²) in [6, 6.07) is 7.11. The van der Waals surface area contributed by atoms with Gasteiger partial charge in [0.15, 0.2) is 5.82 Å². The van der Waals surface area contributed by atoms with E-state index in [4.69, 9.17) is 4.74 Å². The smallest absolute Gasteiger partial charge is 0.252 e. The Morgan fingerprint density at radius 1 is 1.24 bits per heavy atom. The van der Waals surface area contributed by atoms with Gasteiger partial charge in [-0.05, 0) is 24.3 Å². The number of carbonyl (C=O) groups excluding carboxylic acids is 1. The van der Waals surface area contributed by atoms with E-state index in [2.05, 4.69) is 25.6 Å². The topological polar surface area (TPSA) is 94.8 Å². The third kappa shape index (κ3) is 2.85. The van der Waals surface area contributed by atoms with Crippen molar-refractivity contribution in [2.24, 2.45) is 7.05 Å². The number of carbonyl (C=O) groups is 1. The highest BCUT2D eigenvalue weighted by molar-refractivity contribution is 5.97. The van der Waals surface area contributed by atoms with E-state index in [-0.39, 0.29) is 5.91 Å². The molecule has 0 bridgehead atoms. The van der Waals surface area contributed by atoms with Crippen LogP contribution in [-0.2, 0) is 17.3 Å². The second-order valence-electron chi connectivity index (χ2n) is 6.14. The van der Waals surface area contributed by atoms with Crippen molar-refractivity contribution in [3.05, 3.63) is 48.0 Å². The van der Waals surface area contributed by atoms with Crippen LogP contribution < -0.4 is 5.32 Å². The number of aryl methyl sites for hydroxylation is 1. The third-order valence-electron chi connectivity index (χ3n) is 4.57. The lowest BCUT2D eigenvalue weighted by atomic mass is 9.88. The van der Waals surface area contributed by atoms with Gasteiger partial charge in [-0.2, -0.15) is 0 Å². The number of nitrogens with one attached hydrogen (secondary N) is 1. The van der Waals surface area contributed by atoms with Crippen molar-refractivity contribution in [2.75, 3.05) is 13.2 Å². The van der Waals surface area contributed by atoms with Crippen molar-refractivity contribution in [3.63, 3.8) is 0 Å². The van der Waals surface area contributed by atoms with E-state index in [0.717, 1.165) is 11.0 Å². The highest BCUT2D eigenvalue weighted by Crippen LogP contribution is 2.30. The first-order valence-electron chi connectivity index (χ1n) is 8.15. The van der Waals surface area contributed by atoms with Gasteiger partial charge in [0, 0.05) is 51.1 Å². The second kappa shape index (κ2) is 6.21. The Labute approximate surface area is 144 Å². The average molecular weight is 338 g/mol. The van der Waals surface area contributed by atoms with Crippen LogP contribution in [-0.4, -0.2) is 44.1 Å². The number of hydrogen-bond acceptors (Lipinski definition) is 6. The fourth-order valence-electron chi connectivity index (χ4n) is 3.13. The van der Waals surface area contributed by atoms with Gasteiger partial charge in [-0.15, -0.1) is 5.10 Å². The maximum absolute atomic E-state index is 12.9. The molecule has 8 heteroatoms. The normalized spacial score (nSPS) is 16.7. The molecule has 2 aromatic heterocycles. The van der Waals surface area contributed by atoms with Gasteiger partial charge in [0.25, 0.3) is 5.91 Å². The predicted octanol–water partition coefficient (Wildman–Crippen LogP) is 1.19. The first-order valence-corrected chi connectivity index (χ1v) is 8.15. The summed E-state index contributed by atoms with van der Waals surface area (Å²) in [6.07, 6.45) is 4.66. The molecule has 0 atom stereocenters. The largest absolute Gasteiger partial charge is 0.381 e. The van der Waals surface area contributed by atoms with Gasteiger partial charge in [0.1, 0.15) is 11.1 Å². The lowest BCUT2D eigenvalue weighted by Crippen LogP contribution is -2.50. The standard InChI is InChI=1S/C17H18N6O2/c1-23-14-11-12(3-4-13(14)21-22-23)15(24)20-17(5-9-25-10-6-17)16-18-7-2-8-19-16/h2-4,7-8,11H,5-6,9-10H2,1H3,(H,20,24). The summed E-state index contributed by atoms with van der Waals surface area (Å²) in [4.78, 5) is 21.7. The molecule has 1 saturated heterocycles. The van der Waals surface area contributed by atoms with Gasteiger partial charge in [-0.1, -0.05) is 5.21 Å². The molecule has 0 radical (unpaired) electrons. The van der Waals surface area contributed by atoms with E-state index < -0.39 is 5.54 Å². The van der Waals surface area contributed by atoms with Crippen LogP contribution in [0.25, 0.3) is 11.0 Å². The molecule has 0 aliphatic carbocycles. The highest BCUT2D eigenvalue weighted by atomic mass is 16.5. The van der Waals surface area contributed by atoms with Crippen molar-refractivity contribution in [1.29, 1.82) is 0 Å². The molecule has 0 unspecified atom stereocenters. The molecule has 8 nitrogen and oxygen atoms in total. The van der Waals surface area contributed by atoms with Crippen molar-refractivity contribution >= 4 is 16.9 Å². The molecule has 1 amide bonds. The molecule has 3 aromatic rings. The van der Waals surface area contributed by atoms with Crippen LogP contribution in [0.2, 0.25) is 0 Å². The van der Waals surface area contributed by atoms with Gasteiger partial charge >= 0.3 is 0 Å². The fraction of sp³-hybridized carbons (Fsp3) is 0.353. The molecular weight excluding hydrogens is 320 g/mol.